The zero-order valence-corrected chi connectivity index (χ0v) is 5.98. The van der Waals surface area contributed by atoms with E-state index in [0.717, 1.165) is 0 Å². The minimum absolute atomic E-state index is 0.0856. The predicted molar refractivity (Wildman–Crippen MR) is 30.4 cm³/mol. The van der Waals surface area contributed by atoms with Crippen LogP contribution in [-0.2, 0) is 4.57 Å². The second kappa shape index (κ2) is 3.42. The quantitative estimate of drug-likeness (QED) is 0.345. The van der Waals surface area contributed by atoms with Gasteiger partial charge in [0.2, 0.25) is 0 Å². The Labute approximate surface area is 40.5 Å². The van der Waals surface area contributed by atoms with Gasteiger partial charge < -0.3 is 0 Å². The molecule has 6 heavy (non-hydrogen) atoms. The van der Waals surface area contributed by atoms with E-state index in [1.54, 1.807) is 0 Å². The average molecular weight is 118 g/mol. The van der Waals surface area contributed by atoms with Gasteiger partial charge in [-0.3, -0.25) is 0 Å². The van der Waals surface area contributed by atoms with Crippen molar-refractivity contribution in [2.24, 2.45) is 0 Å². The first kappa shape index (κ1) is 6.23. The van der Waals surface area contributed by atoms with Crippen molar-refractivity contribution < 1.29 is 4.57 Å². The second-order valence-electron chi connectivity index (χ2n) is 1.38. The van der Waals surface area contributed by atoms with E-state index in [1.165, 1.54) is 0 Å². The molecule has 1 nitrogen and oxygen atoms in total. The van der Waals surface area contributed by atoms with E-state index in [0.29, 0.717) is 0 Å². The summed E-state index contributed by atoms with van der Waals surface area (Å²) in [5.41, 5.74) is 0. The van der Waals surface area contributed by atoms with Gasteiger partial charge in [0.1, 0.15) is 0 Å². The Balaban J connectivity index is 3.49. The molecular weight excluding hydrogens is 111 g/mol. The monoisotopic (exact) mass is 118 g/mol. The second-order valence-corrected chi connectivity index (χ2v) is 4.90. The third-order valence-electron chi connectivity index (χ3n) is 0.311. The molecule has 0 aliphatic rings. The Morgan fingerprint density at radius 2 is 2.17 bits per heavy atom. The molecule has 0 rings (SSSR count). The summed E-state index contributed by atoms with van der Waals surface area (Å²) in [6.45, 7) is 4.15. The van der Waals surface area contributed by atoms with Crippen molar-refractivity contribution in [3.63, 3.8) is 0 Å². The fourth-order valence-electron chi connectivity index (χ4n) is 0.105. The van der Waals surface area contributed by atoms with E-state index in [-0.39, 0.29) is 7.92 Å². The van der Waals surface area contributed by atoms with Crippen LogP contribution >= 0.6 is 7.92 Å². The molecule has 0 bridgehead atoms. The van der Waals surface area contributed by atoms with Crippen molar-refractivity contribution in [1.29, 1.82) is 0 Å². The summed E-state index contributed by atoms with van der Waals surface area (Å²) in [5.74, 6) is 0. The summed E-state index contributed by atoms with van der Waals surface area (Å²) in [7, 11) is -0.660. The fourth-order valence-corrected chi connectivity index (χ4v) is 0.949. The van der Waals surface area contributed by atoms with Crippen molar-refractivity contribution >= 4 is 16.7 Å². The normalized spacial score (nSPS) is 7.83. The fraction of sp³-hybridized carbons (Fsp3) is 0.667. The maximum absolute atomic E-state index is 9.64. The molecule has 0 saturated carbocycles. The van der Waals surface area contributed by atoms with Crippen molar-refractivity contribution in [3.05, 3.63) is 0 Å². The number of hydrogen-bond donors (Lipinski definition) is 0. The Kier molecular flexibility index (Phi) is 3.55. The first-order valence-corrected chi connectivity index (χ1v) is 5.55. The summed E-state index contributed by atoms with van der Waals surface area (Å²) in [5, 5.41) is 2.76. The Bertz CT molecular complexity index is 112. The molecule has 34 valence electrons. The topological polar surface area (TPSA) is 17.1 Å². The van der Waals surface area contributed by atoms with E-state index >= 15 is 0 Å². The zero-order chi connectivity index (χ0) is 4.99. The van der Waals surface area contributed by atoms with E-state index in [4.69, 9.17) is 0 Å². The molecule has 0 unspecified atom stereocenters. The number of hydrogen-bond acceptors (Lipinski definition) is 1. The van der Waals surface area contributed by atoms with Crippen LogP contribution in [0.15, 0.2) is 0 Å². The molecule has 0 amide bonds. The molecule has 0 fully saturated rings. The van der Waals surface area contributed by atoms with Gasteiger partial charge in [-0.2, -0.15) is 0 Å². The van der Waals surface area contributed by atoms with Crippen LogP contribution in [0.2, 0.25) is 13.1 Å². The first-order valence-electron chi connectivity index (χ1n) is 1.85. The molecule has 0 aromatic heterocycles. The maximum atomic E-state index is 9.64. The standard InChI is InChI=1S/C3H7OPSi/c1-6(2)3-5-4/h6H,1-2H3. The van der Waals surface area contributed by atoms with Crippen LogP contribution in [0.5, 0.6) is 0 Å². The molecule has 0 heterocycles. The van der Waals surface area contributed by atoms with Gasteiger partial charge in [0.15, 0.2) is 0 Å². The molecule has 0 aromatic carbocycles. The summed E-state index contributed by atoms with van der Waals surface area (Å²) in [6.07, 6.45) is 0. The van der Waals surface area contributed by atoms with Gasteiger partial charge in [-0.15, -0.1) is 0 Å². The molecule has 0 N–H and O–H groups in total. The summed E-state index contributed by atoms with van der Waals surface area (Å²) < 4.78 is 9.64. The van der Waals surface area contributed by atoms with Crippen LogP contribution in [0.25, 0.3) is 0 Å². The van der Waals surface area contributed by atoms with Crippen molar-refractivity contribution in [2.75, 3.05) is 0 Å². The van der Waals surface area contributed by atoms with E-state index in [9.17, 15) is 4.57 Å². The Hall–Kier alpha value is 0.227. The third kappa shape index (κ3) is 4.23. The molecule has 0 aliphatic heterocycles. The molecular formula is C3H7OPSi. The molecule has 0 spiro atoms. The molecule has 0 atom stereocenters. The van der Waals surface area contributed by atoms with Crippen LogP contribution < -0.4 is 0 Å². The Morgan fingerprint density at radius 1 is 1.67 bits per heavy atom. The van der Waals surface area contributed by atoms with Crippen molar-refractivity contribution in [1.82, 2.24) is 0 Å². The predicted octanol–water partition coefficient (Wildman–Crippen LogP) is 1.26. The van der Waals surface area contributed by atoms with Gasteiger partial charge in [-0.1, -0.05) is 0 Å². The van der Waals surface area contributed by atoms with Crippen LogP contribution in [0.1, 0.15) is 0 Å². The van der Waals surface area contributed by atoms with Gasteiger partial charge in [-0.05, 0) is 0 Å². The molecule has 0 aromatic rings. The van der Waals surface area contributed by atoms with Gasteiger partial charge >= 0.3 is 39.6 Å². The van der Waals surface area contributed by atoms with Crippen molar-refractivity contribution in [2.45, 2.75) is 13.1 Å². The van der Waals surface area contributed by atoms with Gasteiger partial charge in [0, 0.05) is 0 Å². The third-order valence-corrected chi connectivity index (χ3v) is 2.80. The van der Waals surface area contributed by atoms with Gasteiger partial charge in [0.25, 0.3) is 0 Å². The van der Waals surface area contributed by atoms with Crippen LogP contribution in [0.4, 0.5) is 0 Å². The van der Waals surface area contributed by atoms with E-state index in [2.05, 4.69) is 18.3 Å². The molecule has 3 heteroatoms. The Morgan fingerprint density at radius 3 is 2.17 bits per heavy atom. The van der Waals surface area contributed by atoms with Crippen LogP contribution in [0, 0.1) is 5.25 Å². The average Bonchev–Trinajstić information content (AvgIpc) is 1.35. The van der Waals surface area contributed by atoms with Gasteiger partial charge in [-0.25, -0.2) is 0 Å². The molecule has 0 radical (unpaired) electrons. The van der Waals surface area contributed by atoms with Crippen LogP contribution in [0.3, 0.4) is 0 Å². The van der Waals surface area contributed by atoms with Crippen LogP contribution in [-0.4, -0.2) is 8.80 Å². The van der Waals surface area contributed by atoms with E-state index < -0.39 is 8.80 Å². The van der Waals surface area contributed by atoms with Crippen molar-refractivity contribution in [3.8, 4) is 5.25 Å². The summed E-state index contributed by atoms with van der Waals surface area (Å²) in [6, 6.07) is 0. The summed E-state index contributed by atoms with van der Waals surface area (Å²) in [4.78, 5) is 0. The molecule has 0 saturated heterocycles. The van der Waals surface area contributed by atoms with E-state index in [1.807, 2.05) is 0 Å². The van der Waals surface area contributed by atoms with Gasteiger partial charge in [0.05, 0.1) is 0 Å². The SMILES string of the molecule is C[SiH](C)C#P=O. The minimum atomic E-state index is -0.745. The first-order chi connectivity index (χ1) is 2.77. The molecule has 0 aliphatic carbocycles. The zero-order valence-electron chi connectivity index (χ0n) is 3.93. The summed E-state index contributed by atoms with van der Waals surface area (Å²) >= 11 is 0. The number of rotatable bonds is 0.